The number of hydrogen-bond donors (Lipinski definition) is 1. The van der Waals surface area contributed by atoms with Crippen LogP contribution in [0, 0.1) is 6.92 Å². The third kappa shape index (κ3) is 2.89. The largest absolute Gasteiger partial charge is 0.338 e. The topological polar surface area (TPSA) is 63.8 Å². The van der Waals surface area contributed by atoms with Crippen molar-refractivity contribution < 1.29 is 4.52 Å². The fourth-order valence-electron chi connectivity index (χ4n) is 1.63. The molecule has 0 aliphatic rings. The number of hydrogen-bond acceptors (Lipinski definition) is 6. The molecule has 2 heterocycles. The van der Waals surface area contributed by atoms with Gasteiger partial charge in [-0.25, -0.2) is 4.98 Å². The van der Waals surface area contributed by atoms with Gasteiger partial charge in [-0.15, -0.1) is 11.3 Å². The Balaban J connectivity index is 2.08. The summed E-state index contributed by atoms with van der Waals surface area (Å²) in [6.45, 7) is 4.07. The van der Waals surface area contributed by atoms with Crippen LogP contribution in [0.25, 0.3) is 0 Å². The highest BCUT2D eigenvalue weighted by molar-refractivity contribution is 7.09. The Morgan fingerprint density at radius 3 is 2.88 bits per heavy atom. The predicted octanol–water partition coefficient (Wildman–Crippen LogP) is 2.10. The summed E-state index contributed by atoms with van der Waals surface area (Å²) in [7, 11) is 1.89. The van der Waals surface area contributed by atoms with Gasteiger partial charge in [-0.05, 0) is 20.4 Å². The van der Waals surface area contributed by atoms with Gasteiger partial charge >= 0.3 is 0 Å². The Bertz CT molecular complexity index is 475. The van der Waals surface area contributed by atoms with Crippen molar-refractivity contribution in [2.45, 2.75) is 32.7 Å². The standard InChI is InChI=1S/C11H16N4OS/c1-4-9(12-3)11-14-10(15-16-11)5-8-6-17-7(2)13-8/h6,9,12H,4-5H2,1-3H3. The summed E-state index contributed by atoms with van der Waals surface area (Å²) in [6.07, 6.45) is 1.56. The summed E-state index contributed by atoms with van der Waals surface area (Å²) in [5.74, 6) is 1.34. The Morgan fingerprint density at radius 1 is 1.47 bits per heavy atom. The zero-order chi connectivity index (χ0) is 12.3. The first-order valence-corrected chi connectivity index (χ1v) is 6.51. The van der Waals surface area contributed by atoms with Crippen LogP contribution < -0.4 is 5.32 Å². The smallest absolute Gasteiger partial charge is 0.243 e. The van der Waals surface area contributed by atoms with Crippen molar-refractivity contribution in [1.82, 2.24) is 20.4 Å². The normalized spacial score (nSPS) is 12.9. The zero-order valence-corrected chi connectivity index (χ0v) is 11.0. The molecule has 92 valence electrons. The molecule has 0 bridgehead atoms. The maximum atomic E-state index is 5.24. The summed E-state index contributed by atoms with van der Waals surface area (Å²) in [6, 6.07) is 0.133. The maximum absolute atomic E-state index is 5.24. The fraction of sp³-hybridized carbons (Fsp3) is 0.545. The van der Waals surface area contributed by atoms with Crippen LogP contribution in [0.3, 0.4) is 0 Å². The van der Waals surface area contributed by atoms with Crippen molar-refractivity contribution in [2.24, 2.45) is 0 Å². The number of aromatic nitrogens is 3. The lowest BCUT2D eigenvalue weighted by atomic mass is 10.2. The van der Waals surface area contributed by atoms with Gasteiger partial charge in [0.05, 0.1) is 23.2 Å². The summed E-state index contributed by atoms with van der Waals surface area (Å²) in [4.78, 5) is 8.76. The number of nitrogens with one attached hydrogen (secondary N) is 1. The summed E-state index contributed by atoms with van der Waals surface area (Å²) >= 11 is 1.64. The van der Waals surface area contributed by atoms with E-state index in [2.05, 4.69) is 27.4 Å². The van der Waals surface area contributed by atoms with Gasteiger partial charge in [0.1, 0.15) is 0 Å². The average molecular weight is 252 g/mol. The molecular weight excluding hydrogens is 236 g/mol. The lowest BCUT2D eigenvalue weighted by molar-refractivity contribution is 0.331. The Labute approximate surface area is 104 Å². The van der Waals surface area contributed by atoms with Crippen LogP contribution in [0.15, 0.2) is 9.90 Å². The van der Waals surface area contributed by atoms with Gasteiger partial charge in [0, 0.05) is 5.38 Å². The molecule has 0 saturated heterocycles. The van der Waals surface area contributed by atoms with Gasteiger partial charge in [0.2, 0.25) is 5.89 Å². The Morgan fingerprint density at radius 2 is 2.29 bits per heavy atom. The molecule has 2 aromatic heterocycles. The molecule has 1 N–H and O–H groups in total. The van der Waals surface area contributed by atoms with Crippen molar-refractivity contribution >= 4 is 11.3 Å². The fourth-order valence-corrected chi connectivity index (χ4v) is 2.25. The predicted molar refractivity (Wildman–Crippen MR) is 66.0 cm³/mol. The van der Waals surface area contributed by atoms with Crippen molar-refractivity contribution in [3.05, 3.63) is 27.8 Å². The highest BCUT2D eigenvalue weighted by Gasteiger charge is 2.15. The molecule has 0 fully saturated rings. The third-order valence-electron chi connectivity index (χ3n) is 2.54. The first-order chi connectivity index (χ1) is 8.22. The molecule has 6 heteroatoms. The zero-order valence-electron chi connectivity index (χ0n) is 10.2. The average Bonchev–Trinajstić information content (AvgIpc) is 2.91. The summed E-state index contributed by atoms with van der Waals surface area (Å²) in [5, 5.41) is 10.2. The van der Waals surface area contributed by atoms with Crippen molar-refractivity contribution in [1.29, 1.82) is 0 Å². The van der Waals surface area contributed by atoms with Crippen LogP contribution in [0.2, 0.25) is 0 Å². The highest BCUT2D eigenvalue weighted by Crippen LogP contribution is 2.16. The highest BCUT2D eigenvalue weighted by atomic mass is 32.1. The molecule has 0 amide bonds. The Hall–Kier alpha value is -1.27. The van der Waals surface area contributed by atoms with Gasteiger partial charge < -0.3 is 9.84 Å². The third-order valence-corrected chi connectivity index (χ3v) is 3.37. The quantitative estimate of drug-likeness (QED) is 0.882. The number of thiazole rings is 1. The molecule has 0 spiro atoms. The first kappa shape index (κ1) is 12.2. The summed E-state index contributed by atoms with van der Waals surface area (Å²) in [5.41, 5.74) is 0.998. The first-order valence-electron chi connectivity index (χ1n) is 5.63. The van der Waals surface area contributed by atoms with Gasteiger partial charge in [0.25, 0.3) is 0 Å². The molecule has 1 unspecified atom stereocenters. The number of aryl methyl sites for hydroxylation is 1. The van der Waals surface area contributed by atoms with Crippen molar-refractivity contribution in [2.75, 3.05) is 7.05 Å². The lowest BCUT2D eigenvalue weighted by Gasteiger charge is -2.06. The second-order valence-corrected chi connectivity index (χ2v) is 4.90. The van der Waals surface area contributed by atoms with Gasteiger partial charge in [-0.1, -0.05) is 12.1 Å². The van der Waals surface area contributed by atoms with E-state index in [1.54, 1.807) is 11.3 Å². The van der Waals surface area contributed by atoms with Crippen LogP contribution in [-0.4, -0.2) is 22.2 Å². The van der Waals surface area contributed by atoms with E-state index in [0.29, 0.717) is 18.1 Å². The van der Waals surface area contributed by atoms with Crippen LogP contribution in [-0.2, 0) is 6.42 Å². The lowest BCUT2D eigenvalue weighted by Crippen LogP contribution is -2.15. The molecular formula is C11H16N4OS. The van der Waals surface area contributed by atoms with E-state index in [4.69, 9.17) is 4.52 Å². The molecule has 0 aromatic carbocycles. The Kier molecular flexibility index (Phi) is 3.86. The molecule has 1 atom stereocenters. The van der Waals surface area contributed by atoms with Crippen LogP contribution in [0.5, 0.6) is 0 Å². The van der Waals surface area contributed by atoms with E-state index in [-0.39, 0.29) is 6.04 Å². The molecule has 2 rings (SSSR count). The minimum Gasteiger partial charge on any atom is -0.338 e. The molecule has 17 heavy (non-hydrogen) atoms. The van der Waals surface area contributed by atoms with Crippen molar-refractivity contribution in [3.63, 3.8) is 0 Å². The minimum absolute atomic E-state index is 0.133. The van der Waals surface area contributed by atoms with E-state index in [1.165, 1.54) is 0 Å². The molecule has 0 radical (unpaired) electrons. The minimum atomic E-state index is 0.133. The van der Waals surface area contributed by atoms with E-state index in [1.807, 2.05) is 19.4 Å². The maximum Gasteiger partial charge on any atom is 0.243 e. The van der Waals surface area contributed by atoms with Crippen LogP contribution in [0.4, 0.5) is 0 Å². The van der Waals surface area contributed by atoms with Crippen LogP contribution in [0.1, 0.15) is 41.8 Å². The SMILES string of the molecule is CCC(NC)c1nc(Cc2csc(C)n2)no1. The number of rotatable bonds is 5. The number of nitrogens with zero attached hydrogens (tertiary/aromatic N) is 3. The molecule has 5 nitrogen and oxygen atoms in total. The molecule has 2 aromatic rings. The second kappa shape index (κ2) is 5.37. The monoisotopic (exact) mass is 252 g/mol. The van der Waals surface area contributed by atoms with Gasteiger partial charge in [0.15, 0.2) is 5.82 Å². The molecule has 0 aliphatic carbocycles. The summed E-state index contributed by atoms with van der Waals surface area (Å²) < 4.78 is 5.24. The van der Waals surface area contributed by atoms with E-state index < -0.39 is 0 Å². The molecule has 0 aliphatic heterocycles. The van der Waals surface area contributed by atoms with E-state index in [9.17, 15) is 0 Å². The van der Waals surface area contributed by atoms with Gasteiger partial charge in [-0.2, -0.15) is 4.98 Å². The molecule has 0 saturated carbocycles. The second-order valence-electron chi connectivity index (χ2n) is 3.83. The van der Waals surface area contributed by atoms with Crippen LogP contribution >= 0.6 is 11.3 Å². The van der Waals surface area contributed by atoms with E-state index >= 15 is 0 Å². The van der Waals surface area contributed by atoms with Gasteiger partial charge in [-0.3, -0.25) is 0 Å². The van der Waals surface area contributed by atoms with E-state index in [0.717, 1.165) is 17.1 Å². The van der Waals surface area contributed by atoms with Crippen molar-refractivity contribution in [3.8, 4) is 0 Å².